The van der Waals surface area contributed by atoms with E-state index in [-0.39, 0.29) is 31.0 Å². The molecule has 1 saturated heterocycles. The number of amides is 8. The minimum absolute atomic E-state index is 0.0277. The van der Waals surface area contributed by atoms with E-state index in [1.165, 1.54) is 18.7 Å². The van der Waals surface area contributed by atoms with Gasteiger partial charge in [0.25, 0.3) is 0 Å². The fraction of sp³-hybridized carbons (Fsp3) is 0.647. The molecule has 0 bridgehead atoms. The lowest BCUT2D eigenvalue weighted by Crippen LogP contribution is -2.57. The summed E-state index contributed by atoms with van der Waals surface area (Å²) in [7, 11) is 0. The van der Waals surface area contributed by atoms with E-state index in [2.05, 4.69) is 52.8 Å². The standard InChI is InChI=1S/C51H83N11O13S/c1-7-30(4)46(62-45(71)24-55-43(69)23-56-50(74)47(32(6)39(66)27-64)61-41-20-34(65)22-54-41)49(73)57-25-44(70)59-38(48(72)58-33(26-63)19-40(52)67)28-76-51-31(5)36-15-14-35(21-37(36)60-51)75-17-13-11-9-8-10-12-16-53-42(68)18-29(2)3/h13-15,17,21,29-30,32-34,38-39,41,46-47,54,60-61,63-66H,7-12,16,18-20,22-28H2,1-6H3,(H2,52,67)(H,53,68)(H,55,69)(H,56,74)(H,57,73)(H,58,72)(H,59,70)(H,62,71)/t30?,32-,33?,34+,38-,39?,41?,46?,47?/m0/s1. The van der Waals surface area contributed by atoms with Gasteiger partial charge < -0.3 is 73.1 Å². The van der Waals surface area contributed by atoms with E-state index in [1.807, 2.05) is 45.0 Å². The first kappa shape index (κ1) is 64.5. The van der Waals surface area contributed by atoms with Crippen LogP contribution in [0.1, 0.15) is 98.0 Å². The monoisotopic (exact) mass is 1090 g/mol. The first-order valence-corrected chi connectivity index (χ1v) is 27.0. The van der Waals surface area contributed by atoms with E-state index in [4.69, 9.17) is 10.5 Å². The van der Waals surface area contributed by atoms with Gasteiger partial charge in [0.2, 0.25) is 47.3 Å². The molecule has 1 aliphatic rings. The molecule has 9 atom stereocenters. The van der Waals surface area contributed by atoms with Crippen LogP contribution in [0.4, 0.5) is 0 Å². The summed E-state index contributed by atoms with van der Waals surface area (Å²) < 4.78 is 5.87. The highest BCUT2D eigenvalue weighted by Gasteiger charge is 2.34. The molecule has 1 fully saturated rings. The quantitative estimate of drug-likeness (QED) is 0.0219. The summed E-state index contributed by atoms with van der Waals surface area (Å²) in [6, 6.07) is 1.09. The van der Waals surface area contributed by atoms with Crippen molar-refractivity contribution in [2.45, 2.75) is 147 Å². The largest absolute Gasteiger partial charge is 0.465 e. The highest BCUT2D eigenvalue weighted by Crippen LogP contribution is 2.32. The molecule has 16 N–H and O–H groups in total. The topological polar surface area (TPSA) is 377 Å². The van der Waals surface area contributed by atoms with Gasteiger partial charge in [-0.15, -0.1) is 11.8 Å². The lowest BCUT2D eigenvalue weighted by Gasteiger charge is -2.29. The number of nitrogens with one attached hydrogen (secondary N) is 10. The molecule has 0 saturated carbocycles. The molecule has 2 aromatic rings. The number of rotatable bonds is 36. The Morgan fingerprint density at radius 3 is 2.13 bits per heavy atom. The number of aliphatic hydroxyl groups excluding tert-OH is 4. The normalized spacial score (nSPS) is 17.2. The minimum Gasteiger partial charge on any atom is -0.465 e. The van der Waals surface area contributed by atoms with Crippen molar-refractivity contribution >= 4 is 69.9 Å². The number of aromatic nitrogens is 1. The number of primary amides is 1. The van der Waals surface area contributed by atoms with Gasteiger partial charge in [0.1, 0.15) is 17.8 Å². The van der Waals surface area contributed by atoms with Crippen LogP contribution in [-0.2, 0) is 38.4 Å². The van der Waals surface area contributed by atoms with Gasteiger partial charge in [-0.25, -0.2) is 0 Å². The Morgan fingerprint density at radius 1 is 0.816 bits per heavy atom. The Hall–Kier alpha value is -5.83. The average molecular weight is 1090 g/mol. The zero-order valence-electron chi connectivity index (χ0n) is 44.6. The van der Waals surface area contributed by atoms with Crippen LogP contribution in [0.15, 0.2) is 35.6 Å². The van der Waals surface area contributed by atoms with Crippen LogP contribution in [0.5, 0.6) is 5.75 Å². The Morgan fingerprint density at radius 2 is 1.49 bits per heavy atom. The summed E-state index contributed by atoms with van der Waals surface area (Å²) in [5.74, 6) is -5.39. The number of benzene rings is 1. The molecule has 25 heteroatoms. The first-order chi connectivity index (χ1) is 36.1. The van der Waals surface area contributed by atoms with Crippen LogP contribution in [-0.4, -0.2) is 167 Å². The number of aryl methyl sites for hydroxylation is 1. The Bertz CT molecular complexity index is 2250. The van der Waals surface area contributed by atoms with Gasteiger partial charge in [0.05, 0.1) is 80.1 Å². The number of nitrogens with two attached hydrogens (primary N) is 1. The number of carbonyl (C=O) groups is 8. The molecule has 76 heavy (non-hydrogen) atoms. The van der Waals surface area contributed by atoms with Crippen molar-refractivity contribution in [3.8, 4) is 5.75 Å². The molecule has 0 aliphatic carbocycles. The second-order valence-corrected chi connectivity index (χ2v) is 20.7. The third-order valence-corrected chi connectivity index (χ3v) is 13.9. The first-order valence-electron chi connectivity index (χ1n) is 26.1. The van der Waals surface area contributed by atoms with Crippen molar-refractivity contribution in [2.24, 2.45) is 23.5 Å². The van der Waals surface area contributed by atoms with Gasteiger partial charge >= 0.3 is 0 Å². The Labute approximate surface area is 448 Å². The van der Waals surface area contributed by atoms with Gasteiger partial charge in [-0.1, -0.05) is 53.9 Å². The van der Waals surface area contributed by atoms with Crippen LogP contribution in [0.2, 0.25) is 0 Å². The summed E-state index contributed by atoms with van der Waals surface area (Å²) >= 11 is 1.23. The van der Waals surface area contributed by atoms with Gasteiger partial charge in [-0.05, 0) is 61.8 Å². The van der Waals surface area contributed by atoms with E-state index < -0.39 is 129 Å². The second kappa shape index (κ2) is 34.0. The minimum atomic E-state index is -1.26. The van der Waals surface area contributed by atoms with Gasteiger partial charge in [-0.3, -0.25) is 49.0 Å². The third kappa shape index (κ3) is 23.2. The highest BCUT2D eigenvalue weighted by atomic mass is 32.2. The summed E-state index contributed by atoms with van der Waals surface area (Å²) in [5.41, 5.74) is 6.95. The molecule has 1 aromatic heterocycles. The summed E-state index contributed by atoms with van der Waals surface area (Å²) in [6.45, 7) is 8.97. The number of ether oxygens (including phenoxy) is 1. The van der Waals surface area contributed by atoms with Gasteiger partial charge in [0, 0.05) is 55.5 Å². The van der Waals surface area contributed by atoms with Crippen LogP contribution < -0.4 is 58.3 Å². The Kier molecular flexibility index (Phi) is 28.9. The molecule has 24 nitrogen and oxygen atoms in total. The maximum Gasteiger partial charge on any atom is 0.243 e. The molecule has 3 rings (SSSR count). The Balaban J connectivity index is 1.57. The molecule has 2 heterocycles. The summed E-state index contributed by atoms with van der Waals surface area (Å²) in [5, 5.41) is 65.0. The predicted molar refractivity (Wildman–Crippen MR) is 286 cm³/mol. The van der Waals surface area contributed by atoms with E-state index in [1.54, 1.807) is 20.1 Å². The fourth-order valence-electron chi connectivity index (χ4n) is 8.05. The van der Waals surface area contributed by atoms with Gasteiger partial charge in [-0.2, -0.15) is 0 Å². The van der Waals surface area contributed by atoms with Crippen LogP contribution >= 0.6 is 11.8 Å². The molecule has 1 aromatic carbocycles. The van der Waals surface area contributed by atoms with Crippen molar-refractivity contribution in [1.82, 2.24) is 52.8 Å². The zero-order chi connectivity index (χ0) is 56.3. The van der Waals surface area contributed by atoms with Crippen molar-refractivity contribution < 1.29 is 63.5 Å². The molecule has 1 aliphatic heterocycles. The molecule has 0 spiro atoms. The molecule has 426 valence electrons. The number of aliphatic hydroxyl groups is 4. The van der Waals surface area contributed by atoms with Gasteiger partial charge in [0.15, 0.2) is 0 Å². The zero-order valence-corrected chi connectivity index (χ0v) is 45.4. The number of β-amino-alcohol motifs (C(OH)–C–C–N with tert-alkyl or cyclic N) is 1. The predicted octanol–water partition coefficient (Wildman–Crippen LogP) is -1.08. The SMILES string of the molecule is CCC(C)C(NC(=O)CNC(=O)CNC(=O)C(NC1C[C@@H](O)CN1)[C@@H](C)C(O)CO)C(=O)NCC(=O)N[C@@H](CSc1[nH]c2cc(OC=CCCCCCCNC(=O)CC(C)C)ccc2c1C)C(=O)NC(CO)CC(N)=O. The number of H-pyrrole nitrogens is 1. The maximum atomic E-state index is 13.6. The number of aromatic amines is 1. The van der Waals surface area contributed by atoms with Crippen molar-refractivity contribution in [3.63, 3.8) is 0 Å². The maximum absolute atomic E-state index is 13.6. The number of thioether (sulfide) groups is 1. The van der Waals surface area contributed by atoms with Crippen molar-refractivity contribution in [3.05, 3.63) is 36.1 Å². The van der Waals surface area contributed by atoms with E-state index in [9.17, 15) is 58.8 Å². The average Bonchev–Trinajstić information content (AvgIpc) is 3.95. The smallest absolute Gasteiger partial charge is 0.243 e. The fourth-order valence-corrected chi connectivity index (χ4v) is 9.13. The van der Waals surface area contributed by atoms with Crippen LogP contribution in [0, 0.1) is 24.7 Å². The molecule has 6 unspecified atom stereocenters. The van der Waals surface area contributed by atoms with E-state index >= 15 is 0 Å². The van der Waals surface area contributed by atoms with E-state index in [0.29, 0.717) is 36.1 Å². The molecule has 8 amide bonds. The van der Waals surface area contributed by atoms with Crippen molar-refractivity contribution in [2.75, 3.05) is 51.7 Å². The number of hydrogen-bond donors (Lipinski definition) is 15. The molecular formula is C51H83N11O13S. The number of carbonyl (C=O) groups excluding carboxylic acids is 8. The molecular weight excluding hydrogens is 1010 g/mol. The van der Waals surface area contributed by atoms with Crippen LogP contribution in [0.25, 0.3) is 10.9 Å². The second-order valence-electron chi connectivity index (χ2n) is 19.7. The summed E-state index contributed by atoms with van der Waals surface area (Å²) in [4.78, 5) is 106. The lowest BCUT2D eigenvalue weighted by molar-refractivity contribution is -0.133. The van der Waals surface area contributed by atoms with Crippen LogP contribution in [0.3, 0.4) is 0 Å². The lowest BCUT2D eigenvalue weighted by atomic mass is 9.94. The highest BCUT2D eigenvalue weighted by molar-refractivity contribution is 7.99. The summed E-state index contributed by atoms with van der Waals surface area (Å²) in [6.07, 6.45) is 6.93. The number of hydrogen-bond acceptors (Lipinski definition) is 16. The molecule has 0 radical (unpaired) electrons. The van der Waals surface area contributed by atoms with Crippen molar-refractivity contribution in [1.29, 1.82) is 0 Å². The number of allylic oxidation sites excluding steroid dienone is 1. The van der Waals surface area contributed by atoms with E-state index in [0.717, 1.165) is 48.6 Å². The third-order valence-electron chi connectivity index (χ3n) is 12.8. The number of fused-ring (bicyclic) bond motifs is 1. The number of unbranched alkanes of at least 4 members (excludes halogenated alkanes) is 4.